The molecule has 0 saturated heterocycles. The van der Waals surface area contributed by atoms with Crippen molar-refractivity contribution in [3.8, 4) is 22.7 Å². The number of fused-ring (bicyclic) bond motifs is 1. The van der Waals surface area contributed by atoms with Crippen molar-refractivity contribution in [2.24, 2.45) is 0 Å². The second-order valence-corrected chi connectivity index (χ2v) is 6.67. The lowest BCUT2D eigenvalue weighted by atomic mass is 9.99. The standard InChI is InChI=1S/C24H22N2O2/c1-3-9-21(27)24-23(17-10-5-4-6-11-17)19-16-18(28-2)13-14-20(19)26(24)22-12-7-8-15-25-22/h4-8,10-16H,3,9H2,1-2H3. The highest BCUT2D eigenvalue weighted by Gasteiger charge is 2.25. The molecule has 0 aliphatic heterocycles. The lowest BCUT2D eigenvalue weighted by Gasteiger charge is -2.11. The van der Waals surface area contributed by atoms with Crippen LogP contribution in [0.15, 0.2) is 72.9 Å². The van der Waals surface area contributed by atoms with Gasteiger partial charge in [-0.1, -0.05) is 43.3 Å². The molecular formula is C24H22N2O2. The molecule has 0 radical (unpaired) electrons. The Morgan fingerprint density at radius 2 is 1.82 bits per heavy atom. The zero-order chi connectivity index (χ0) is 19.5. The zero-order valence-corrected chi connectivity index (χ0v) is 16.1. The predicted octanol–water partition coefficient (Wildman–Crippen LogP) is 5.68. The van der Waals surface area contributed by atoms with Crippen molar-refractivity contribution in [3.05, 3.63) is 78.6 Å². The van der Waals surface area contributed by atoms with Crippen molar-refractivity contribution < 1.29 is 9.53 Å². The van der Waals surface area contributed by atoms with Gasteiger partial charge in [-0.05, 0) is 42.3 Å². The summed E-state index contributed by atoms with van der Waals surface area (Å²) >= 11 is 0. The molecular weight excluding hydrogens is 348 g/mol. The number of ether oxygens (including phenoxy) is 1. The average Bonchev–Trinajstić information content (AvgIpc) is 3.09. The SMILES string of the molecule is CCCC(=O)c1c(-c2ccccc2)c2cc(OC)ccc2n1-c1ccccn1. The third-order valence-electron chi connectivity index (χ3n) is 4.86. The fourth-order valence-electron chi connectivity index (χ4n) is 3.63. The summed E-state index contributed by atoms with van der Waals surface area (Å²) in [5, 5.41) is 0.982. The highest BCUT2D eigenvalue weighted by molar-refractivity contribution is 6.12. The first-order valence-electron chi connectivity index (χ1n) is 9.47. The minimum atomic E-state index is 0.113. The number of Topliss-reactive ketones (excluding diaryl/α,β-unsaturated/α-hetero) is 1. The molecule has 0 unspecified atom stereocenters. The summed E-state index contributed by atoms with van der Waals surface area (Å²) in [6, 6.07) is 21.7. The Kier molecular flexibility index (Phi) is 4.94. The van der Waals surface area contributed by atoms with Crippen LogP contribution >= 0.6 is 0 Å². The van der Waals surface area contributed by atoms with Crippen molar-refractivity contribution in [2.75, 3.05) is 7.11 Å². The number of benzene rings is 2. The van der Waals surface area contributed by atoms with Crippen LogP contribution in [0.4, 0.5) is 0 Å². The maximum Gasteiger partial charge on any atom is 0.180 e. The smallest absolute Gasteiger partial charge is 0.180 e. The van der Waals surface area contributed by atoms with Gasteiger partial charge in [0.05, 0.1) is 18.3 Å². The summed E-state index contributed by atoms with van der Waals surface area (Å²) in [6.07, 6.45) is 3.03. The lowest BCUT2D eigenvalue weighted by Crippen LogP contribution is -2.09. The average molecular weight is 370 g/mol. The fraction of sp³-hybridized carbons (Fsp3) is 0.167. The van der Waals surface area contributed by atoms with Crippen molar-refractivity contribution >= 4 is 16.7 Å². The Hall–Kier alpha value is -3.40. The minimum absolute atomic E-state index is 0.113. The number of pyridine rings is 1. The number of hydrogen-bond donors (Lipinski definition) is 0. The minimum Gasteiger partial charge on any atom is -0.497 e. The molecule has 0 amide bonds. The maximum absolute atomic E-state index is 13.3. The number of carbonyl (C=O) groups is 1. The Bertz CT molecular complexity index is 1120. The molecule has 0 bridgehead atoms. The van der Waals surface area contributed by atoms with Gasteiger partial charge in [0.25, 0.3) is 0 Å². The van der Waals surface area contributed by atoms with Crippen LogP contribution in [0.1, 0.15) is 30.3 Å². The van der Waals surface area contributed by atoms with E-state index in [0.717, 1.165) is 40.0 Å². The molecule has 0 spiro atoms. The molecule has 0 atom stereocenters. The molecule has 4 nitrogen and oxygen atoms in total. The van der Waals surface area contributed by atoms with Crippen LogP contribution in [0.25, 0.3) is 27.8 Å². The molecule has 4 heteroatoms. The molecule has 140 valence electrons. The van der Waals surface area contributed by atoms with Gasteiger partial charge in [0.2, 0.25) is 0 Å². The summed E-state index contributed by atoms with van der Waals surface area (Å²) in [5.74, 6) is 1.61. The van der Waals surface area contributed by atoms with Crippen LogP contribution in [-0.4, -0.2) is 22.4 Å². The molecule has 4 rings (SSSR count). The van der Waals surface area contributed by atoms with Crippen LogP contribution in [-0.2, 0) is 0 Å². The van der Waals surface area contributed by atoms with Gasteiger partial charge in [-0.25, -0.2) is 4.98 Å². The topological polar surface area (TPSA) is 44.1 Å². The van der Waals surface area contributed by atoms with Crippen LogP contribution < -0.4 is 4.74 Å². The largest absolute Gasteiger partial charge is 0.497 e. The van der Waals surface area contributed by atoms with E-state index in [2.05, 4.69) is 4.98 Å². The van der Waals surface area contributed by atoms with Gasteiger partial charge >= 0.3 is 0 Å². The second-order valence-electron chi connectivity index (χ2n) is 6.67. The fourth-order valence-corrected chi connectivity index (χ4v) is 3.63. The highest BCUT2D eigenvalue weighted by atomic mass is 16.5. The van der Waals surface area contributed by atoms with Gasteiger partial charge in [0, 0.05) is 23.6 Å². The van der Waals surface area contributed by atoms with E-state index in [1.165, 1.54) is 0 Å². The van der Waals surface area contributed by atoms with E-state index in [-0.39, 0.29) is 5.78 Å². The van der Waals surface area contributed by atoms with Gasteiger partial charge in [0.1, 0.15) is 11.6 Å². The summed E-state index contributed by atoms with van der Waals surface area (Å²) in [4.78, 5) is 17.8. The molecule has 2 aromatic heterocycles. The number of hydrogen-bond acceptors (Lipinski definition) is 3. The Morgan fingerprint density at radius 3 is 2.50 bits per heavy atom. The number of aromatic nitrogens is 2. The molecule has 2 heterocycles. The van der Waals surface area contributed by atoms with E-state index in [1.807, 2.05) is 78.2 Å². The van der Waals surface area contributed by atoms with Gasteiger partial charge in [0.15, 0.2) is 5.78 Å². The van der Waals surface area contributed by atoms with Crippen LogP contribution in [0, 0.1) is 0 Å². The van der Waals surface area contributed by atoms with Crippen molar-refractivity contribution in [2.45, 2.75) is 19.8 Å². The van der Waals surface area contributed by atoms with Crippen molar-refractivity contribution in [1.29, 1.82) is 0 Å². The lowest BCUT2D eigenvalue weighted by molar-refractivity contribution is 0.0976. The number of methoxy groups -OCH3 is 1. The number of carbonyl (C=O) groups excluding carboxylic acids is 1. The first kappa shape index (κ1) is 18.0. The number of nitrogens with zero attached hydrogens (tertiary/aromatic N) is 2. The zero-order valence-electron chi connectivity index (χ0n) is 16.1. The summed E-state index contributed by atoms with van der Waals surface area (Å²) in [7, 11) is 1.66. The number of ketones is 1. The first-order valence-corrected chi connectivity index (χ1v) is 9.47. The first-order chi connectivity index (χ1) is 13.7. The summed E-state index contributed by atoms with van der Waals surface area (Å²) in [6.45, 7) is 2.02. The van der Waals surface area contributed by atoms with Gasteiger partial charge in [-0.15, -0.1) is 0 Å². The van der Waals surface area contributed by atoms with Crippen molar-refractivity contribution in [3.63, 3.8) is 0 Å². The Labute approximate surface area is 164 Å². The van der Waals surface area contributed by atoms with Crippen molar-refractivity contribution in [1.82, 2.24) is 9.55 Å². The monoisotopic (exact) mass is 370 g/mol. The Morgan fingerprint density at radius 1 is 1.04 bits per heavy atom. The van der Waals surface area contributed by atoms with E-state index in [9.17, 15) is 4.79 Å². The van der Waals surface area contributed by atoms with E-state index >= 15 is 0 Å². The molecule has 0 N–H and O–H groups in total. The maximum atomic E-state index is 13.3. The highest BCUT2D eigenvalue weighted by Crippen LogP contribution is 2.39. The Balaban J connectivity index is 2.15. The van der Waals surface area contributed by atoms with Gasteiger partial charge in [-0.2, -0.15) is 0 Å². The summed E-state index contributed by atoms with van der Waals surface area (Å²) in [5.41, 5.74) is 3.56. The van der Waals surface area contributed by atoms with E-state index in [4.69, 9.17) is 4.74 Å². The summed E-state index contributed by atoms with van der Waals surface area (Å²) < 4.78 is 7.45. The third kappa shape index (κ3) is 3.07. The van der Waals surface area contributed by atoms with Gasteiger partial charge < -0.3 is 4.74 Å². The third-order valence-corrected chi connectivity index (χ3v) is 4.86. The van der Waals surface area contributed by atoms with E-state index in [1.54, 1.807) is 13.3 Å². The van der Waals surface area contributed by atoms with Crippen LogP contribution in [0.5, 0.6) is 5.75 Å². The normalized spacial score (nSPS) is 10.9. The van der Waals surface area contributed by atoms with E-state index < -0.39 is 0 Å². The molecule has 0 saturated carbocycles. The van der Waals surface area contributed by atoms with Crippen LogP contribution in [0.2, 0.25) is 0 Å². The molecule has 0 aliphatic carbocycles. The molecule has 2 aromatic carbocycles. The van der Waals surface area contributed by atoms with E-state index in [0.29, 0.717) is 12.1 Å². The quantitative estimate of drug-likeness (QED) is 0.410. The molecule has 0 fully saturated rings. The van der Waals surface area contributed by atoms with Crippen LogP contribution in [0.3, 0.4) is 0 Å². The molecule has 0 aliphatic rings. The molecule has 4 aromatic rings. The second kappa shape index (κ2) is 7.69. The van der Waals surface area contributed by atoms with Gasteiger partial charge in [-0.3, -0.25) is 9.36 Å². The molecule has 28 heavy (non-hydrogen) atoms. The predicted molar refractivity (Wildman–Crippen MR) is 112 cm³/mol. The number of rotatable bonds is 6.